The molecule has 1 fully saturated rings. The maximum Gasteiger partial charge on any atom is 0.328 e. The van der Waals surface area contributed by atoms with Crippen LogP contribution in [0.2, 0.25) is 0 Å². The van der Waals surface area contributed by atoms with Gasteiger partial charge in [-0.1, -0.05) is 27.6 Å². The van der Waals surface area contributed by atoms with E-state index in [9.17, 15) is 4.79 Å². The molecule has 120 valence electrons. The van der Waals surface area contributed by atoms with E-state index in [1.54, 1.807) is 0 Å². The van der Waals surface area contributed by atoms with Crippen molar-refractivity contribution in [1.82, 2.24) is 0 Å². The van der Waals surface area contributed by atoms with E-state index < -0.39 is 5.97 Å². The zero-order valence-corrected chi connectivity index (χ0v) is 14.7. The van der Waals surface area contributed by atoms with Gasteiger partial charge >= 0.3 is 5.97 Å². The summed E-state index contributed by atoms with van der Waals surface area (Å²) >= 11 is 3.53. The molecule has 22 heavy (non-hydrogen) atoms. The Balaban J connectivity index is 1.85. The number of benzene rings is 1. The largest absolute Gasteiger partial charge is 0.490 e. The first-order chi connectivity index (χ1) is 10.5. The minimum Gasteiger partial charge on any atom is -0.490 e. The number of allylic oxidation sites excluding steroid dienone is 1. The molecule has 1 aromatic carbocycles. The maximum atomic E-state index is 10.7. The van der Waals surface area contributed by atoms with Crippen molar-refractivity contribution in [1.29, 1.82) is 0 Å². The van der Waals surface area contributed by atoms with E-state index in [0.717, 1.165) is 53.5 Å². The molecule has 0 bridgehead atoms. The summed E-state index contributed by atoms with van der Waals surface area (Å²) in [7, 11) is 0. The Morgan fingerprint density at radius 2 is 2.05 bits per heavy atom. The molecule has 0 heterocycles. The second kappa shape index (κ2) is 7.82. The Hall–Kier alpha value is -1.29. The van der Waals surface area contributed by atoms with Crippen molar-refractivity contribution in [3.8, 4) is 5.75 Å². The number of carboxylic acids is 1. The van der Waals surface area contributed by atoms with Gasteiger partial charge in [0.25, 0.3) is 0 Å². The van der Waals surface area contributed by atoms with Crippen LogP contribution in [0.15, 0.2) is 34.3 Å². The lowest BCUT2D eigenvalue weighted by Crippen LogP contribution is -2.24. The average Bonchev–Trinajstić information content (AvgIpc) is 2.45. The highest BCUT2D eigenvalue weighted by Crippen LogP contribution is 2.33. The Morgan fingerprint density at radius 3 is 2.68 bits per heavy atom. The van der Waals surface area contributed by atoms with Crippen LogP contribution in [0.4, 0.5) is 0 Å². The molecule has 0 aromatic heterocycles. The summed E-state index contributed by atoms with van der Waals surface area (Å²) in [5.74, 6) is 0.693. The summed E-state index contributed by atoms with van der Waals surface area (Å²) in [6, 6.07) is 6.04. The number of rotatable bonds is 5. The molecule has 1 N–H and O–H groups in total. The predicted octanol–water partition coefficient (Wildman–Crippen LogP) is 5.12. The second-order valence-electron chi connectivity index (χ2n) is 6.16. The monoisotopic (exact) mass is 366 g/mol. The van der Waals surface area contributed by atoms with Crippen molar-refractivity contribution >= 4 is 21.9 Å². The zero-order chi connectivity index (χ0) is 16.1. The van der Waals surface area contributed by atoms with Crippen molar-refractivity contribution in [2.45, 2.75) is 52.1 Å². The van der Waals surface area contributed by atoms with Crippen LogP contribution in [0, 0.1) is 12.8 Å². The summed E-state index contributed by atoms with van der Waals surface area (Å²) in [6.45, 7) is 3.96. The standard InChI is InChI=1S/C18H23BrO3/c1-12(11-18(20)21)10-14-6-8-15(9-7-14)22-17-5-3-4-16(19)13(17)2/h3-5,11,14-15H,6-10H2,1-2H3,(H,20,21)/b12-11+. The first-order valence-electron chi connectivity index (χ1n) is 7.77. The molecule has 0 radical (unpaired) electrons. The normalized spacial score (nSPS) is 22.4. The molecule has 0 amide bonds. The van der Waals surface area contributed by atoms with Crippen LogP contribution >= 0.6 is 15.9 Å². The third kappa shape index (κ3) is 4.87. The minimum atomic E-state index is -0.848. The molecule has 0 aliphatic heterocycles. The van der Waals surface area contributed by atoms with E-state index in [-0.39, 0.29) is 6.10 Å². The van der Waals surface area contributed by atoms with Crippen LogP contribution < -0.4 is 4.74 Å². The van der Waals surface area contributed by atoms with Crippen molar-refractivity contribution in [3.05, 3.63) is 39.9 Å². The average molecular weight is 367 g/mol. The Labute approximate surface area is 140 Å². The fourth-order valence-corrected chi connectivity index (χ4v) is 3.42. The van der Waals surface area contributed by atoms with Crippen LogP contribution in [-0.2, 0) is 4.79 Å². The molecule has 0 spiro atoms. The third-order valence-electron chi connectivity index (χ3n) is 4.29. The van der Waals surface area contributed by atoms with Crippen LogP contribution in [0.3, 0.4) is 0 Å². The molecule has 3 nitrogen and oxygen atoms in total. The van der Waals surface area contributed by atoms with E-state index in [1.165, 1.54) is 6.08 Å². The molecule has 0 atom stereocenters. The van der Waals surface area contributed by atoms with E-state index in [2.05, 4.69) is 22.9 Å². The molecule has 4 heteroatoms. The van der Waals surface area contributed by atoms with Gasteiger partial charge in [-0.15, -0.1) is 0 Å². The van der Waals surface area contributed by atoms with Gasteiger partial charge in [0.05, 0.1) is 6.10 Å². The fourth-order valence-electron chi connectivity index (χ4n) is 3.07. The highest BCUT2D eigenvalue weighted by molar-refractivity contribution is 9.10. The van der Waals surface area contributed by atoms with Gasteiger partial charge in [-0.05, 0) is 64.0 Å². The lowest BCUT2D eigenvalue weighted by Gasteiger charge is -2.29. The number of carbonyl (C=O) groups is 1. The Morgan fingerprint density at radius 1 is 1.36 bits per heavy atom. The zero-order valence-electron chi connectivity index (χ0n) is 13.1. The quantitative estimate of drug-likeness (QED) is 0.735. The van der Waals surface area contributed by atoms with E-state index in [4.69, 9.17) is 9.84 Å². The van der Waals surface area contributed by atoms with Crippen LogP contribution in [0.25, 0.3) is 0 Å². The lowest BCUT2D eigenvalue weighted by molar-refractivity contribution is -0.131. The molecule has 1 aromatic rings. The maximum absolute atomic E-state index is 10.7. The van der Waals surface area contributed by atoms with Crippen molar-refractivity contribution in [2.24, 2.45) is 5.92 Å². The van der Waals surface area contributed by atoms with E-state index in [0.29, 0.717) is 5.92 Å². The topological polar surface area (TPSA) is 46.5 Å². The van der Waals surface area contributed by atoms with E-state index in [1.807, 2.05) is 25.1 Å². The molecule has 1 saturated carbocycles. The Kier molecular flexibility index (Phi) is 6.07. The van der Waals surface area contributed by atoms with Crippen LogP contribution in [0.5, 0.6) is 5.75 Å². The van der Waals surface area contributed by atoms with Gasteiger partial charge in [-0.25, -0.2) is 4.79 Å². The summed E-state index contributed by atoms with van der Waals surface area (Å²) in [4.78, 5) is 10.7. The summed E-state index contributed by atoms with van der Waals surface area (Å²) in [5.41, 5.74) is 2.10. The Bertz CT molecular complexity index is 557. The smallest absolute Gasteiger partial charge is 0.328 e. The summed E-state index contributed by atoms with van der Waals surface area (Å²) in [5, 5.41) is 8.77. The van der Waals surface area contributed by atoms with Crippen molar-refractivity contribution < 1.29 is 14.6 Å². The van der Waals surface area contributed by atoms with Gasteiger partial charge in [0.15, 0.2) is 0 Å². The number of ether oxygens (including phenoxy) is 1. The summed E-state index contributed by atoms with van der Waals surface area (Å²) < 4.78 is 7.22. The SMILES string of the molecule is C/C(=C\C(=O)O)CC1CCC(Oc2cccc(Br)c2C)CC1. The van der Waals surface area contributed by atoms with Gasteiger partial charge < -0.3 is 9.84 Å². The van der Waals surface area contributed by atoms with Gasteiger partial charge in [-0.2, -0.15) is 0 Å². The molecule has 0 saturated heterocycles. The molecule has 1 aliphatic carbocycles. The molecule has 1 aliphatic rings. The summed E-state index contributed by atoms with van der Waals surface area (Å²) in [6.07, 6.45) is 6.76. The fraction of sp³-hybridized carbons (Fsp3) is 0.500. The van der Waals surface area contributed by atoms with E-state index >= 15 is 0 Å². The molecule has 0 unspecified atom stereocenters. The minimum absolute atomic E-state index is 0.271. The highest BCUT2D eigenvalue weighted by atomic mass is 79.9. The first kappa shape index (κ1) is 17.1. The number of hydrogen-bond donors (Lipinski definition) is 1. The lowest BCUT2D eigenvalue weighted by atomic mass is 9.83. The van der Waals surface area contributed by atoms with Crippen LogP contribution in [-0.4, -0.2) is 17.2 Å². The number of carboxylic acid groups (broad SMARTS) is 1. The molecular formula is C18H23BrO3. The molecule has 2 rings (SSSR count). The van der Waals surface area contributed by atoms with Gasteiger partial charge in [0.2, 0.25) is 0 Å². The second-order valence-corrected chi connectivity index (χ2v) is 7.01. The predicted molar refractivity (Wildman–Crippen MR) is 91.3 cm³/mol. The number of hydrogen-bond acceptors (Lipinski definition) is 2. The first-order valence-corrected chi connectivity index (χ1v) is 8.57. The van der Waals surface area contributed by atoms with Crippen LogP contribution in [0.1, 0.15) is 44.6 Å². The third-order valence-corrected chi connectivity index (χ3v) is 5.15. The van der Waals surface area contributed by atoms with Gasteiger partial charge in [-0.3, -0.25) is 0 Å². The highest BCUT2D eigenvalue weighted by Gasteiger charge is 2.23. The van der Waals surface area contributed by atoms with Crippen molar-refractivity contribution in [3.63, 3.8) is 0 Å². The number of aliphatic carboxylic acids is 1. The van der Waals surface area contributed by atoms with Crippen molar-refractivity contribution in [2.75, 3.05) is 0 Å². The number of halogens is 1. The molecular weight excluding hydrogens is 344 g/mol. The van der Waals surface area contributed by atoms with Gasteiger partial charge in [0, 0.05) is 16.1 Å². The van der Waals surface area contributed by atoms with Gasteiger partial charge in [0.1, 0.15) is 5.75 Å².